The molecule has 234 valence electrons. The number of aryl methyl sites for hydroxylation is 2. The van der Waals surface area contributed by atoms with Gasteiger partial charge in [0.25, 0.3) is 0 Å². The summed E-state index contributed by atoms with van der Waals surface area (Å²) in [7, 11) is 0. The van der Waals surface area contributed by atoms with E-state index in [0.717, 1.165) is 63.6 Å². The zero-order valence-electron chi connectivity index (χ0n) is 27.3. The van der Waals surface area contributed by atoms with E-state index in [9.17, 15) is 0 Å². The molecule has 4 aromatic carbocycles. The second-order valence-corrected chi connectivity index (χ2v) is 13.9. The summed E-state index contributed by atoms with van der Waals surface area (Å²) in [5.74, 6) is 1.85. The molecule has 2 heterocycles. The molecule has 0 spiro atoms. The lowest BCUT2D eigenvalue weighted by molar-refractivity contribution is -0.136. The summed E-state index contributed by atoms with van der Waals surface area (Å²) in [6, 6.07) is 31.3. The zero-order valence-corrected chi connectivity index (χ0v) is 27.3. The van der Waals surface area contributed by atoms with Crippen LogP contribution in [0.1, 0.15) is 72.9 Å². The van der Waals surface area contributed by atoms with E-state index in [1.165, 1.54) is 44.5 Å². The molecule has 45 heavy (non-hydrogen) atoms. The average molecular weight is 603 g/mol. The van der Waals surface area contributed by atoms with Gasteiger partial charge in [-0.3, -0.25) is 0 Å². The maximum Gasteiger partial charge on any atom is 0.119 e. The van der Waals surface area contributed by atoms with Gasteiger partial charge < -0.3 is 18.9 Å². The molecule has 0 aromatic heterocycles. The van der Waals surface area contributed by atoms with Crippen molar-refractivity contribution >= 4 is 0 Å². The second kappa shape index (κ2) is 12.0. The topological polar surface area (TPSA) is 36.9 Å². The molecular formula is C41H46O4. The summed E-state index contributed by atoms with van der Waals surface area (Å²) in [4.78, 5) is 0. The smallest absolute Gasteiger partial charge is 0.119 e. The Labute approximate surface area is 268 Å². The van der Waals surface area contributed by atoms with Crippen molar-refractivity contribution in [2.75, 3.05) is 39.6 Å². The summed E-state index contributed by atoms with van der Waals surface area (Å²) in [5.41, 5.74) is 10.1. The Hall–Kier alpha value is -3.60. The summed E-state index contributed by atoms with van der Waals surface area (Å²) in [6.45, 7) is 13.5. The maximum atomic E-state index is 6.46. The highest BCUT2D eigenvalue weighted by atomic mass is 16.5. The van der Waals surface area contributed by atoms with Gasteiger partial charge in [0.15, 0.2) is 0 Å². The Kier molecular flexibility index (Phi) is 8.00. The van der Waals surface area contributed by atoms with E-state index in [-0.39, 0.29) is 10.8 Å². The molecule has 2 fully saturated rings. The molecule has 4 nitrogen and oxygen atoms in total. The Balaban J connectivity index is 1.30. The van der Waals surface area contributed by atoms with Crippen molar-refractivity contribution < 1.29 is 18.9 Å². The minimum Gasteiger partial charge on any atom is -0.493 e. The van der Waals surface area contributed by atoms with Crippen LogP contribution in [0.5, 0.6) is 11.5 Å². The molecule has 0 saturated carbocycles. The SMILES string of the molecule is CCCC1(COc2ccc(C3(c4ccc(OCC5(CCC)COC5)cc4C)c4ccccc4-c4ccccc43)c(C)c2)COC1. The van der Waals surface area contributed by atoms with Crippen LogP contribution in [0.25, 0.3) is 11.1 Å². The average Bonchev–Trinajstić information content (AvgIpc) is 3.31. The lowest BCUT2D eigenvalue weighted by Gasteiger charge is -2.41. The van der Waals surface area contributed by atoms with Gasteiger partial charge in [-0.25, -0.2) is 0 Å². The van der Waals surface area contributed by atoms with Gasteiger partial charge >= 0.3 is 0 Å². The molecule has 0 atom stereocenters. The molecule has 0 radical (unpaired) electrons. The van der Waals surface area contributed by atoms with Gasteiger partial charge in [0.05, 0.1) is 55.9 Å². The molecule has 2 aliphatic heterocycles. The molecule has 0 bridgehead atoms. The fourth-order valence-corrected chi connectivity index (χ4v) is 8.17. The first kappa shape index (κ1) is 30.1. The molecule has 1 aliphatic carbocycles. The van der Waals surface area contributed by atoms with E-state index in [1.54, 1.807) is 0 Å². The van der Waals surface area contributed by atoms with E-state index in [1.807, 2.05) is 0 Å². The van der Waals surface area contributed by atoms with Crippen molar-refractivity contribution in [3.05, 3.63) is 118 Å². The Bertz CT molecular complexity index is 1550. The fourth-order valence-electron chi connectivity index (χ4n) is 8.17. The molecule has 4 aromatic rings. The van der Waals surface area contributed by atoms with Gasteiger partial charge in [-0.05, 0) is 95.5 Å². The summed E-state index contributed by atoms with van der Waals surface area (Å²) >= 11 is 0. The summed E-state index contributed by atoms with van der Waals surface area (Å²) in [6.07, 6.45) is 4.55. The van der Waals surface area contributed by atoms with Crippen molar-refractivity contribution in [2.24, 2.45) is 10.8 Å². The van der Waals surface area contributed by atoms with E-state index in [2.05, 4.69) is 113 Å². The fraction of sp³-hybridized carbons (Fsp3) is 0.415. The molecule has 0 amide bonds. The summed E-state index contributed by atoms with van der Waals surface area (Å²) < 4.78 is 24.1. The third kappa shape index (κ3) is 5.07. The van der Waals surface area contributed by atoms with Gasteiger partial charge in [0.2, 0.25) is 0 Å². The largest absolute Gasteiger partial charge is 0.493 e. The minimum absolute atomic E-state index is 0.147. The monoisotopic (exact) mass is 602 g/mol. The Morgan fingerprint density at radius 2 is 0.978 bits per heavy atom. The van der Waals surface area contributed by atoms with Gasteiger partial charge in [-0.2, -0.15) is 0 Å². The number of fused-ring (bicyclic) bond motifs is 3. The number of hydrogen-bond donors (Lipinski definition) is 0. The lowest BCUT2D eigenvalue weighted by Crippen LogP contribution is -2.47. The first-order valence-corrected chi connectivity index (χ1v) is 16.8. The number of hydrogen-bond acceptors (Lipinski definition) is 4. The van der Waals surface area contributed by atoms with Crippen LogP contribution in [-0.4, -0.2) is 39.6 Å². The van der Waals surface area contributed by atoms with Crippen molar-refractivity contribution in [3.63, 3.8) is 0 Å². The third-order valence-corrected chi connectivity index (χ3v) is 10.4. The maximum absolute atomic E-state index is 6.46. The van der Waals surface area contributed by atoms with Crippen LogP contribution < -0.4 is 9.47 Å². The molecule has 4 heteroatoms. The molecule has 2 saturated heterocycles. The van der Waals surface area contributed by atoms with E-state index < -0.39 is 5.41 Å². The van der Waals surface area contributed by atoms with Crippen LogP contribution in [0.3, 0.4) is 0 Å². The molecule has 0 N–H and O–H groups in total. The second-order valence-electron chi connectivity index (χ2n) is 13.9. The predicted molar refractivity (Wildman–Crippen MR) is 181 cm³/mol. The van der Waals surface area contributed by atoms with Crippen LogP contribution in [0, 0.1) is 24.7 Å². The first-order valence-electron chi connectivity index (χ1n) is 16.8. The third-order valence-electron chi connectivity index (χ3n) is 10.4. The van der Waals surface area contributed by atoms with Gasteiger partial charge in [-0.1, -0.05) is 87.4 Å². The van der Waals surface area contributed by atoms with E-state index in [0.29, 0.717) is 13.2 Å². The standard InChI is InChI=1S/C41H46O4/c1-5-19-39(23-42-24-39)27-44-31-15-17-35(29(3)21-31)41(37-13-9-7-11-33(37)34-12-8-10-14-38(34)41)36-18-16-32(22-30(36)4)45-28-40(20-6-2)25-43-26-40/h7-18,21-22H,5-6,19-20,23-28H2,1-4H3. The number of ether oxygens (including phenoxy) is 4. The molecule has 3 aliphatic rings. The van der Waals surface area contributed by atoms with Crippen LogP contribution in [-0.2, 0) is 14.9 Å². The van der Waals surface area contributed by atoms with E-state index >= 15 is 0 Å². The van der Waals surface area contributed by atoms with E-state index in [4.69, 9.17) is 18.9 Å². The lowest BCUT2D eigenvalue weighted by atomic mass is 9.65. The van der Waals surface area contributed by atoms with Crippen LogP contribution in [0.2, 0.25) is 0 Å². The van der Waals surface area contributed by atoms with Gasteiger partial charge in [-0.15, -0.1) is 0 Å². The normalized spacial score (nSPS) is 18.3. The Morgan fingerprint density at radius 1 is 0.556 bits per heavy atom. The highest BCUT2D eigenvalue weighted by Gasteiger charge is 2.47. The minimum atomic E-state index is -0.463. The van der Waals surface area contributed by atoms with Crippen molar-refractivity contribution in [1.82, 2.24) is 0 Å². The number of benzene rings is 4. The predicted octanol–water partition coefficient (Wildman–Crippen LogP) is 9.06. The highest BCUT2D eigenvalue weighted by molar-refractivity contribution is 5.87. The molecule has 7 rings (SSSR count). The van der Waals surface area contributed by atoms with Crippen LogP contribution in [0.15, 0.2) is 84.9 Å². The first-order chi connectivity index (χ1) is 21.9. The molecule has 0 unspecified atom stereocenters. The quantitative estimate of drug-likeness (QED) is 0.143. The van der Waals surface area contributed by atoms with Crippen LogP contribution >= 0.6 is 0 Å². The van der Waals surface area contributed by atoms with Gasteiger partial charge in [0, 0.05) is 0 Å². The van der Waals surface area contributed by atoms with Crippen molar-refractivity contribution in [2.45, 2.75) is 58.8 Å². The Morgan fingerprint density at radius 3 is 1.33 bits per heavy atom. The summed E-state index contributed by atoms with van der Waals surface area (Å²) in [5, 5.41) is 0. The molecular weight excluding hydrogens is 556 g/mol. The zero-order chi connectivity index (χ0) is 31.1. The van der Waals surface area contributed by atoms with Crippen LogP contribution in [0.4, 0.5) is 0 Å². The van der Waals surface area contributed by atoms with Crippen molar-refractivity contribution in [3.8, 4) is 22.6 Å². The van der Waals surface area contributed by atoms with Crippen molar-refractivity contribution in [1.29, 1.82) is 0 Å². The highest BCUT2D eigenvalue weighted by Crippen LogP contribution is 2.57. The number of rotatable bonds is 12. The van der Waals surface area contributed by atoms with Gasteiger partial charge in [0.1, 0.15) is 11.5 Å².